The SMILES string of the molecule is CCc1ccc(C(=O)Nc2nc(C(C)O)cs2)o1. The Kier molecular flexibility index (Phi) is 3.78. The quantitative estimate of drug-likeness (QED) is 0.892. The highest BCUT2D eigenvalue weighted by molar-refractivity contribution is 7.14. The third-order valence-corrected chi connectivity index (χ3v) is 3.18. The van der Waals surface area contributed by atoms with Crippen molar-refractivity contribution in [2.24, 2.45) is 0 Å². The van der Waals surface area contributed by atoms with Crippen molar-refractivity contribution in [3.63, 3.8) is 0 Å². The van der Waals surface area contributed by atoms with Gasteiger partial charge < -0.3 is 9.52 Å². The van der Waals surface area contributed by atoms with Gasteiger partial charge in [-0.1, -0.05) is 6.92 Å². The summed E-state index contributed by atoms with van der Waals surface area (Å²) < 4.78 is 5.34. The summed E-state index contributed by atoms with van der Waals surface area (Å²) in [7, 11) is 0. The maximum absolute atomic E-state index is 11.8. The fourth-order valence-electron chi connectivity index (χ4n) is 1.38. The Morgan fingerprint density at radius 3 is 2.94 bits per heavy atom. The second kappa shape index (κ2) is 5.32. The Morgan fingerprint density at radius 2 is 2.39 bits per heavy atom. The van der Waals surface area contributed by atoms with Crippen LogP contribution < -0.4 is 5.32 Å². The predicted molar refractivity (Wildman–Crippen MR) is 68.8 cm³/mol. The van der Waals surface area contributed by atoms with Gasteiger partial charge >= 0.3 is 0 Å². The molecular weight excluding hydrogens is 252 g/mol. The molecule has 0 aromatic carbocycles. The maximum atomic E-state index is 11.8. The zero-order chi connectivity index (χ0) is 13.1. The number of thiazole rings is 1. The zero-order valence-corrected chi connectivity index (χ0v) is 11.0. The van der Waals surface area contributed by atoms with Gasteiger partial charge in [-0.2, -0.15) is 0 Å². The molecular formula is C12H14N2O3S. The van der Waals surface area contributed by atoms with Crippen LogP contribution >= 0.6 is 11.3 Å². The smallest absolute Gasteiger partial charge is 0.293 e. The predicted octanol–water partition coefficient (Wildman–Crippen LogP) is 2.60. The summed E-state index contributed by atoms with van der Waals surface area (Å²) in [6.45, 7) is 3.58. The first kappa shape index (κ1) is 12.8. The van der Waals surface area contributed by atoms with Crippen molar-refractivity contribution >= 4 is 22.4 Å². The molecule has 2 aromatic heterocycles. The molecule has 5 nitrogen and oxygen atoms in total. The lowest BCUT2D eigenvalue weighted by atomic mass is 10.3. The Labute approximate surface area is 108 Å². The molecule has 2 aromatic rings. The Balaban J connectivity index is 2.06. The van der Waals surface area contributed by atoms with Gasteiger partial charge in [-0.15, -0.1) is 11.3 Å². The van der Waals surface area contributed by atoms with E-state index in [1.165, 1.54) is 11.3 Å². The Morgan fingerprint density at radius 1 is 1.61 bits per heavy atom. The number of aromatic nitrogens is 1. The van der Waals surface area contributed by atoms with Crippen molar-refractivity contribution < 1.29 is 14.3 Å². The Bertz CT molecular complexity index is 545. The molecule has 2 rings (SSSR count). The van der Waals surface area contributed by atoms with E-state index in [4.69, 9.17) is 4.42 Å². The first-order valence-corrected chi connectivity index (χ1v) is 6.51. The zero-order valence-electron chi connectivity index (χ0n) is 10.1. The van der Waals surface area contributed by atoms with E-state index in [0.29, 0.717) is 10.8 Å². The molecule has 0 saturated carbocycles. The third kappa shape index (κ3) is 2.77. The number of amides is 1. The molecule has 6 heteroatoms. The standard InChI is InChI=1S/C12H14N2O3S/c1-3-8-4-5-10(17-8)11(16)14-12-13-9(6-18-12)7(2)15/h4-7,15H,3H2,1-2H3,(H,13,14,16). The van der Waals surface area contributed by atoms with Gasteiger partial charge in [-0.25, -0.2) is 4.98 Å². The third-order valence-electron chi connectivity index (χ3n) is 2.40. The lowest BCUT2D eigenvalue weighted by molar-refractivity contribution is 0.0995. The van der Waals surface area contributed by atoms with Crippen LogP contribution in [0.1, 0.15) is 42.0 Å². The van der Waals surface area contributed by atoms with Crippen LogP contribution in [0.4, 0.5) is 5.13 Å². The molecule has 96 valence electrons. The van der Waals surface area contributed by atoms with Crippen LogP contribution in [-0.2, 0) is 6.42 Å². The number of rotatable bonds is 4. The van der Waals surface area contributed by atoms with Crippen molar-refractivity contribution in [2.75, 3.05) is 5.32 Å². The average Bonchev–Trinajstić information content (AvgIpc) is 2.96. The van der Waals surface area contributed by atoms with E-state index < -0.39 is 6.10 Å². The summed E-state index contributed by atoms with van der Waals surface area (Å²) in [5.41, 5.74) is 0.545. The highest BCUT2D eigenvalue weighted by atomic mass is 32.1. The van der Waals surface area contributed by atoms with Gasteiger partial charge in [0.05, 0.1) is 11.8 Å². The number of carbonyl (C=O) groups excluding carboxylic acids is 1. The Hall–Kier alpha value is -1.66. The highest BCUT2D eigenvalue weighted by Crippen LogP contribution is 2.21. The number of nitrogens with one attached hydrogen (secondary N) is 1. The number of aliphatic hydroxyl groups excluding tert-OH is 1. The highest BCUT2D eigenvalue weighted by Gasteiger charge is 2.14. The molecule has 0 radical (unpaired) electrons. The van der Waals surface area contributed by atoms with Crippen molar-refractivity contribution in [3.8, 4) is 0 Å². The number of aliphatic hydroxyl groups is 1. The van der Waals surface area contributed by atoms with Crippen LogP contribution in [0.25, 0.3) is 0 Å². The molecule has 0 fully saturated rings. The normalized spacial score (nSPS) is 12.4. The second-order valence-electron chi connectivity index (χ2n) is 3.83. The van der Waals surface area contributed by atoms with E-state index >= 15 is 0 Å². The summed E-state index contributed by atoms with van der Waals surface area (Å²) in [5, 5.41) is 14.1. The summed E-state index contributed by atoms with van der Waals surface area (Å²) >= 11 is 1.27. The fraction of sp³-hybridized carbons (Fsp3) is 0.333. The largest absolute Gasteiger partial charge is 0.456 e. The minimum atomic E-state index is -0.637. The van der Waals surface area contributed by atoms with Gasteiger partial charge in [0.25, 0.3) is 5.91 Å². The summed E-state index contributed by atoms with van der Waals surface area (Å²) in [4.78, 5) is 15.9. The summed E-state index contributed by atoms with van der Waals surface area (Å²) in [5.74, 6) is 0.700. The van der Waals surface area contributed by atoms with Gasteiger partial charge in [-0.3, -0.25) is 10.1 Å². The molecule has 0 spiro atoms. The summed E-state index contributed by atoms with van der Waals surface area (Å²) in [6, 6.07) is 3.41. The van der Waals surface area contributed by atoms with Crippen LogP contribution in [0, 0.1) is 0 Å². The minimum Gasteiger partial charge on any atom is -0.456 e. The number of carbonyl (C=O) groups is 1. The summed E-state index contributed by atoms with van der Waals surface area (Å²) in [6.07, 6.45) is 0.110. The molecule has 0 aliphatic heterocycles. The number of nitrogens with zero attached hydrogens (tertiary/aromatic N) is 1. The number of aryl methyl sites for hydroxylation is 1. The van der Waals surface area contributed by atoms with Crippen LogP contribution in [0.15, 0.2) is 21.9 Å². The maximum Gasteiger partial charge on any atom is 0.293 e. The molecule has 0 aliphatic carbocycles. The number of hydrogen-bond donors (Lipinski definition) is 2. The van der Waals surface area contributed by atoms with Crippen molar-refractivity contribution in [1.82, 2.24) is 4.98 Å². The molecule has 1 unspecified atom stereocenters. The first-order valence-electron chi connectivity index (χ1n) is 5.63. The molecule has 18 heavy (non-hydrogen) atoms. The van der Waals surface area contributed by atoms with Crippen LogP contribution in [0.3, 0.4) is 0 Å². The van der Waals surface area contributed by atoms with Crippen molar-refractivity contribution in [1.29, 1.82) is 0 Å². The topological polar surface area (TPSA) is 75.4 Å². The van der Waals surface area contributed by atoms with Crippen molar-refractivity contribution in [2.45, 2.75) is 26.4 Å². The number of anilines is 1. The molecule has 0 aliphatic rings. The van der Waals surface area contributed by atoms with Crippen LogP contribution in [-0.4, -0.2) is 16.0 Å². The van der Waals surface area contributed by atoms with E-state index in [0.717, 1.165) is 12.2 Å². The van der Waals surface area contributed by atoms with Gasteiger partial charge in [-0.05, 0) is 19.1 Å². The van der Waals surface area contributed by atoms with E-state index in [1.807, 2.05) is 6.92 Å². The van der Waals surface area contributed by atoms with Gasteiger partial charge in [0.15, 0.2) is 10.9 Å². The second-order valence-corrected chi connectivity index (χ2v) is 4.69. The number of hydrogen-bond acceptors (Lipinski definition) is 5. The lowest BCUT2D eigenvalue weighted by Gasteiger charge is -1.99. The molecule has 2 N–H and O–H groups in total. The molecule has 0 bridgehead atoms. The van der Waals surface area contributed by atoms with E-state index in [2.05, 4.69) is 10.3 Å². The number of furan rings is 1. The molecule has 0 saturated heterocycles. The molecule has 1 amide bonds. The first-order chi connectivity index (χ1) is 8.60. The van der Waals surface area contributed by atoms with E-state index in [1.54, 1.807) is 24.4 Å². The van der Waals surface area contributed by atoms with Gasteiger partial charge in [0.1, 0.15) is 5.76 Å². The van der Waals surface area contributed by atoms with Gasteiger partial charge in [0.2, 0.25) is 0 Å². The molecule has 2 heterocycles. The van der Waals surface area contributed by atoms with Crippen molar-refractivity contribution in [3.05, 3.63) is 34.7 Å². The molecule has 1 atom stereocenters. The van der Waals surface area contributed by atoms with Gasteiger partial charge in [0, 0.05) is 11.8 Å². The fourth-order valence-corrected chi connectivity index (χ4v) is 2.18. The minimum absolute atomic E-state index is 0.264. The average molecular weight is 266 g/mol. The lowest BCUT2D eigenvalue weighted by Crippen LogP contribution is -2.10. The van der Waals surface area contributed by atoms with Crippen LogP contribution in [0.2, 0.25) is 0 Å². The monoisotopic (exact) mass is 266 g/mol. The van der Waals surface area contributed by atoms with E-state index in [-0.39, 0.29) is 11.7 Å². The van der Waals surface area contributed by atoms with E-state index in [9.17, 15) is 9.90 Å². The van der Waals surface area contributed by atoms with Crippen LogP contribution in [0.5, 0.6) is 0 Å².